The highest BCUT2D eigenvalue weighted by Crippen LogP contribution is 2.41. The second kappa shape index (κ2) is 6.64. The van der Waals surface area contributed by atoms with Crippen LogP contribution in [0.4, 0.5) is 5.82 Å². The summed E-state index contributed by atoms with van der Waals surface area (Å²) in [6, 6.07) is 0.617. The Bertz CT molecular complexity index is 858. The molecule has 0 aromatic carbocycles. The molecule has 0 radical (unpaired) electrons. The largest absolute Gasteiger partial charge is 0.381 e. The van der Waals surface area contributed by atoms with Gasteiger partial charge in [0, 0.05) is 44.6 Å². The molecule has 2 unspecified atom stereocenters. The average Bonchev–Trinajstić information content (AvgIpc) is 3.26. The number of hydrogen-bond donors (Lipinski definition) is 1. The third-order valence-electron chi connectivity index (χ3n) is 6.35. The number of nitrogens with zero attached hydrogens (tertiary/aromatic N) is 4. The molecule has 2 aromatic heterocycles. The molecule has 7 heteroatoms. The van der Waals surface area contributed by atoms with E-state index in [0.717, 1.165) is 68.8 Å². The summed E-state index contributed by atoms with van der Waals surface area (Å²) in [5, 5.41) is 1.16. The molecule has 1 amide bonds. The number of carbonyl (C=O) groups excluding carboxylic acids is 1. The maximum Gasteiger partial charge on any atom is 0.246 e. The number of likely N-dealkylation sites (tertiary alicyclic amines) is 1. The molecule has 7 nitrogen and oxygen atoms in total. The van der Waals surface area contributed by atoms with E-state index in [-0.39, 0.29) is 5.91 Å². The Kier molecular flexibility index (Phi) is 4.11. The van der Waals surface area contributed by atoms with Crippen LogP contribution >= 0.6 is 0 Å². The van der Waals surface area contributed by atoms with Crippen LogP contribution in [0.5, 0.6) is 0 Å². The van der Waals surface area contributed by atoms with E-state index in [1.807, 2.05) is 4.90 Å². The van der Waals surface area contributed by atoms with Gasteiger partial charge in [0.15, 0.2) is 0 Å². The molecule has 2 aromatic rings. The van der Waals surface area contributed by atoms with Crippen LogP contribution in [0.3, 0.4) is 0 Å². The Hall–Kier alpha value is -2.41. The Labute approximate surface area is 158 Å². The van der Waals surface area contributed by atoms with E-state index < -0.39 is 0 Å². The van der Waals surface area contributed by atoms with E-state index in [1.165, 1.54) is 11.6 Å². The van der Waals surface area contributed by atoms with Gasteiger partial charge in [-0.25, -0.2) is 9.97 Å². The number of piperazine rings is 1. The van der Waals surface area contributed by atoms with Crippen molar-refractivity contribution in [2.75, 3.05) is 31.2 Å². The fourth-order valence-electron chi connectivity index (χ4n) is 5.05. The minimum Gasteiger partial charge on any atom is -0.381 e. The SMILES string of the molecule is C=CC(=O)N1CC2CCC(C1)N2c1ncnc2[nH]cc(C3CCOCC3)c12. The van der Waals surface area contributed by atoms with Gasteiger partial charge in [-0.05, 0) is 43.2 Å². The van der Waals surface area contributed by atoms with Gasteiger partial charge in [0.05, 0.1) is 5.39 Å². The first-order valence-corrected chi connectivity index (χ1v) is 9.85. The number of fused-ring (bicyclic) bond motifs is 3. The van der Waals surface area contributed by atoms with Gasteiger partial charge < -0.3 is 19.5 Å². The topological polar surface area (TPSA) is 74.4 Å². The minimum atomic E-state index is 0.0314. The zero-order valence-electron chi connectivity index (χ0n) is 15.4. The molecule has 0 aliphatic carbocycles. The zero-order chi connectivity index (χ0) is 18.4. The van der Waals surface area contributed by atoms with Crippen molar-refractivity contribution in [3.63, 3.8) is 0 Å². The van der Waals surface area contributed by atoms with Crippen molar-refractivity contribution in [3.05, 3.63) is 30.7 Å². The predicted octanol–water partition coefficient (Wildman–Crippen LogP) is 2.22. The fraction of sp³-hybridized carbons (Fsp3) is 0.550. The molecule has 0 spiro atoms. The van der Waals surface area contributed by atoms with E-state index in [1.54, 1.807) is 6.33 Å². The third kappa shape index (κ3) is 2.72. The maximum absolute atomic E-state index is 12.1. The summed E-state index contributed by atoms with van der Waals surface area (Å²) in [7, 11) is 0. The first kappa shape index (κ1) is 16.7. The van der Waals surface area contributed by atoms with Crippen molar-refractivity contribution in [1.29, 1.82) is 0 Å². The molecule has 0 saturated carbocycles. The van der Waals surface area contributed by atoms with E-state index in [4.69, 9.17) is 9.72 Å². The highest BCUT2D eigenvalue weighted by Gasteiger charge is 2.42. The maximum atomic E-state index is 12.1. The smallest absolute Gasteiger partial charge is 0.246 e. The van der Waals surface area contributed by atoms with Crippen LogP contribution in [0.2, 0.25) is 0 Å². The Morgan fingerprint density at radius 1 is 1.19 bits per heavy atom. The Balaban J connectivity index is 1.53. The Morgan fingerprint density at radius 3 is 2.63 bits per heavy atom. The fourth-order valence-corrected chi connectivity index (χ4v) is 5.05. The monoisotopic (exact) mass is 367 g/mol. The molecular weight excluding hydrogens is 342 g/mol. The number of nitrogens with one attached hydrogen (secondary N) is 1. The minimum absolute atomic E-state index is 0.0314. The molecule has 3 fully saturated rings. The van der Waals surface area contributed by atoms with Gasteiger partial charge in [-0.2, -0.15) is 0 Å². The van der Waals surface area contributed by atoms with E-state index in [2.05, 4.69) is 27.6 Å². The van der Waals surface area contributed by atoms with Gasteiger partial charge >= 0.3 is 0 Å². The van der Waals surface area contributed by atoms with Crippen molar-refractivity contribution in [2.24, 2.45) is 0 Å². The molecule has 3 saturated heterocycles. The van der Waals surface area contributed by atoms with Gasteiger partial charge in [0.1, 0.15) is 17.8 Å². The van der Waals surface area contributed by atoms with Gasteiger partial charge in [0.25, 0.3) is 0 Å². The molecule has 2 bridgehead atoms. The molecule has 3 aliphatic rings. The lowest BCUT2D eigenvalue weighted by molar-refractivity contribution is -0.126. The van der Waals surface area contributed by atoms with E-state index >= 15 is 0 Å². The lowest BCUT2D eigenvalue weighted by Gasteiger charge is -2.41. The van der Waals surface area contributed by atoms with Crippen LogP contribution in [-0.4, -0.2) is 64.1 Å². The first-order valence-electron chi connectivity index (χ1n) is 9.85. The van der Waals surface area contributed by atoms with Crippen molar-refractivity contribution >= 4 is 22.8 Å². The van der Waals surface area contributed by atoms with Crippen LogP contribution < -0.4 is 4.90 Å². The highest BCUT2D eigenvalue weighted by molar-refractivity contribution is 5.92. The second-order valence-electron chi connectivity index (χ2n) is 7.79. The summed E-state index contributed by atoms with van der Waals surface area (Å²) in [5.41, 5.74) is 2.22. The molecule has 27 heavy (non-hydrogen) atoms. The third-order valence-corrected chi connectivity index (χ3v) is 6.35. The lowest BCUT2D eigenvalue weighted by Crippen LogP contribution is -2.55. The second-order valence-corrected chi connectivity index (χ2v) is 7.79. The standard InChI is InChI=1S/C20H25N5O2/c1-2-17(26)24-10-14-3-4-15(11-24)25(14)20-18-16(13-5-7-27-8-6-13)9-21-19(18)22-12-23-20/h2,9,12-15H,1,3-8,10-11H2,(H,21,22,23). The van der Waals surface area contributed by atoms with Gasteiger partial charge in [0.2, 0.25) is 5.91 Å². The quantitative estimate of drug-likeness (QED) is 0.842. The zero-order valence-corrected chi connectivity index (χ0v) is 15.4. The van der Waals surface area contributed by atoms with Gasteiger partial charge in [-0.1, -0.05) is 6.58 Å². The number of H-pyrrole nitrogens is 1. The number of anilines is 1. The Morgan fingerprint density at radius 2 is 1.93 bits per heavy atom. The van der Waals surface area contributed by atoms with Crippen LogP contribution in [0.25, 0.3) is 11.0 Å². The normalized spacial score (nSPS) is 25.9. The summed E-state index contributed by atoms with van der Waals surface area (Å²) in [4.78, 5) is 29.1. The number of ether oxygens (including phenoxy) is 1. The molecule has 142 valence electrons. The van der Waals surface area contributed by atoms with Crippen LogP contribution in [-0.2, 0) is 9.53 Å². The van der Waals surface area contributed by atoms with Crippen molar-refractivity contribution < 1.29 is 9.53 Å². The van der Waals surface area contributed by atoms with Gasteiger partial charge in [-0.3, -0.25) is 4.79 Å². The molecule has 2 atom stereocenters. The molecule has 5 rings (SSSR count). The summed E-state index contributed by atoms with van der Waals surface area (Å²) >= 11 is 0. The number of aromatic nitrogens is 3. The van der Waals surface area contributed by atoms with Crippen molar-refractivity contribution in [2.45, 2.75) is 43.7 Å². The number of amides is 1. The summed E-state index contributed by atoms with van der Waals surface area (Å²) in [5.74, 6) is 1.54. The van der Waals surface area contributed by atoms with Gasteiger partial charge in [-0.15, -0.1) is 0 Å². The molecule has 5 heterocycles. The van der Waals surface area contributed by atoms with Crippen LogP contribution in [0, 0.1) is 0 Å². The van der Waals surface area contributed by atoms with E-state index in [0.29, 0.717) is 18.0 Å². The molecule has 1 N–H and O–H groups in total. The summed E-state index contributed by atoms with van der Waals surface area (Å²) in [6.45, 7) is 6.75. The van der Waals surface area contributed by atoms with Crippen molar-refractivity contribution in [1.82, 2.24) is 19.9 Å². The highest BCUT2D eigenvalue weighted by atomic mass is 16.5. The summed E-state index contributed by atoms with van der Waals surface area (Å²) in [6.07, 6.45) is 9.45. The van der Waals surface area contributed by atoms with E-state index in [9.17, 15) is 4.79 Å². The van der Waals surface area contributed by atoms with Crippen LogP contribution in [0.15, 0.2) is 25.2 Å². The first-order chi connectivity index (χ1) is 13.3. The average molecular weight is 367 g/mol. The number of rotatable bonds is 3. The summed E-state index contributed by atoms with van der Waals surface area (Å²) < 4.78 is 5.55. The van der Waals surface area contributed by atoms with Crippen LogP contribution in [0.1, 0.15) is 37.2 Å². The number of carbonyl (C=O) groups is 1. The lowest BCUT2D eigenvalue weighted by atomic mass is 9.91. The van der Waals surface area contributed by atoms with Crippen molar-refractivity contribution in [3.8, 4) is 0 Å². The molecule has 3 aliphatic heterocycles. The predicted molar refractivity (Wildman–Crippen MR) is 103 cm³/mol. The number of aromatic amines is 1. The number of hydrogen-bond acceptors (Lipinski definition) is 5. The molecular formula is C20H25N5O2.